The summed E-state index contributed by atoms with van der Waals surface area (Å²) in [6, 6.07) is 4.44. The lowest BCUT2D eigenvalue weighted by atomic mass is 9.93. The number of hydrogen-bond acceptors (Lipinski definition) is 6. The first-order valence-electron chi connectivity index (χ1n) is 9.45. The molecule has 2 fully saturated rings. The first-order chi connectivity index (χ1) is 13.3. The van der Waals surface area contributed by atoms with E-state index in [-0.39, 0.29) is 24.3 Å². The Kier molecular flexibility index (Phi) is 5.83. The zero-order valence-electron chi connectivity index (χ0n) is 15.8. The number of ether oxygens (including phenoxy) is 1. The summed E-state index contributed by atoms with van der Waals surface area (Å²) in [6.45, 7) is 4.12. The Bertz CT molecular complexity index is 767. The Morgan fingerprint density at radius 2 is 2.11 bits per heavy atom. The molecule has 1 amide bonds. The fourth-order valence-corrected chi connectivity index (χ4v) is 3.82. The maximum Gasteiger partial charge on any atom is 0.305 e. The average molecular weight is 391 g/mol. The van der Waals surface area contributed by atoms with Crippen LogP contribution in [-0.2, 0) is 9.53 Å². The third-order valence-corrected chi connectivity index (χ3v) is 5.53. The molecule has 2 aliphatic rings. The number of hydrogen-bond donors (Lipinski definition) is 2. The monoisotopic (exact) mass is 391 g/mol. The van der Waals surface area contributed by atoms with Crippen molar-refractivity contribution in [1.29, 1.82) is 0 Å². The summed E-state index contributed by atoms with van der Waals surface area (Å²) in [5.74, 6) is -0.973. The van der Waals surface area contributed by atoms with Crippen LogP contribution in [0.15, 0.2) is 18.2 Å². The molecule has 152 valence electrons. The highest BCUT2D eigenvalue weighted by atomic mass is 16.6. The highest BCUT2D eigenvalue weighted by Gasteiger charge is 2.39. The van der Waals surface area contributed by atoms with E-state index >= 15 is 0 Å². The molecule has 0 radical (unpaired) electrons. The molecular weight excluding hydrogens is 366 g/mol. The lowest BCUT2D eigenvalue weighted by Crippen LogP contribution is -2.50. The van der Waals surface area contributed by atoms with Crippen LogP contribution in [0.1, 0.15) is 43.0 Å². The van der Waals surface area contributed by atoms with E-state index < -0.39 is 22.3 Å². The smallest absolute Gasteiger partial charge is 0.305 e. The first-order valence-corrected chi connectivity index (χ1v) is 9.45. The minimum absolute atomic E-state index is 0.108. The normalized spacial score (nSPS) is 22.8. The maximum atomic E-state index is 12.7. The van der Waals surface area contributed by atoms with Gasteiger partial charge in [-0.15, -0.1) is 0 Å². The van der Waals surface area contributed by atoms with Crippen molar-refractivity contribution in [3.63, 3.8) is 0 Å². The Balaban J connectivity index is 1.82. The molecule has 1 aromatic rings. The zero-order valence-corrected chi connectivity index (χ0v) is 15.8. The first kappa shape index (κ1) is 20.1. The van der Waals surface area contributed by atoms with Crippen molar-refractivity contribution >= 4 is 23.3 Å². The van der Waals surface area contributed by atoms with Crippen LogP contribution in [0.4, 0.5) is 11.4 Å². The molecule has 0 spiro atoms. The summed E-state index contributed by atoms with van der Waals surface area (Å²) in [4.78, 5) is 37.0. The molecule has 2 aliphatic heterocycles. The molecule has 1 unspecified atom stereocenters. The Hall–Kier alpha value is -2.68. The molecule has 9 heteroatoms. The molecule has 0 bridgehead atoms. The second-order valence-corrected chi connectivity index (χ2v) is 7.74. The van der Waals surface area contributed by atoms with Gasteiger partial charge in [0.05, 0.1) is 23.5 Å². The van der Waals surface area contributed by atoms with E-state index in [1.807, 2.05) is 4.90 Å². The van der Waals surface area contributed by atoms with E-state index in [2.05, 4.69) is 12.2 Å². The predicted molar refractivity (Wildman–Crippen MR) is 102 cm³/mol. The van der Waals surface area contributed by atoms with E-state index in [1.54, 1.807) is 12.1 Å². The minimum atomic E-state index is -1.04. The van der Waals surface area contributed by atoms with Crippen molar-refractivity contribution in [1.82, 2.24) is 5.32 Å². The number of nitrogens with zero attached hydrogens (tertiary/aromatic N) is 2. The number of carboxylic acids is 1. The standard InChI is InChI=1S/C19H25N3O6/c1-13-4-7-21(8-5-13)15-3-2-14(10-16(15)22(26)27)18(25)20-19(11-17(23)24)6-9-28-12-19/h2-3,10,13H,4-9,11-12H2,1H3,(H,20,25)(H,23,24). The van der Waals surface area contributed by atoms with Gasteiger partial charge in [0, 0.05) is 31.3 Å². The lowest BCUT2D eigenvalue weighted by molar-refractivity contribution is -0.384. The van der Waals surface area contributed by atoms with Crippen molar-refractivity contribution < 1.29 is 24.4 Å². The van der Waals surface area contributed by atoms with Crippen LogP contribution in [0.3, 0.4) is 0 Å². The largest absolute Gasteiger partial charge is 0.481 e. The Morgan fingerprint density at radius 1 is 1.39 bits per heavy atom. The summed E-state index contributed by atoms with van der Waals surface area (Å²) >= 11 is 0. The van der Waals surface area contributed by atoms with Crippen molar-refractivity contribution in [2.45, 2.75) is 38.1 Å². The molecule has 1 atom stereocenters. The molecule has 1 aromatic carbocycles. The van der Waals surface area contributed by atoms with Gasteiger partial charge in [0.1, 0.15) is 5.69 Å². The Labute approximate surface area is 162 Å². The molecule has 0 saturated carbocycles. The minimum Gasteiger partial charge on any atom is -0.481 e. The van der Waals surface area contributed by atoms with Crippen LogP contribution in [0.25, 0.3) is 0 Å². The number of nitro groups is 1. The molecule has 2 saturated heterocycles. The Morgan fingerprint density at radius 3 is 2.68 bits per heavy atom. The zero-order chi connectivity index (χ0) is 20.3. The third kappa shape index (κ3) is 4.41. The number of benzene rings is 1. The topological polar surface area (TPSA) is 122 Å². The second kappa shape index (κ2) is 8.14. The number of nitrogens with one attached hydrogen (secondary N) is 1. The van der Waals surface area contributed by atoms with Crippen molar-refractivity contribution in [3.05, 3.63) is 33.9 Å². The van der Waals surface area contributed by atoms with Gasteiger partial charge in [-0.3, -0.25) is 19.7 Å². The van der Waals surface area contributed by atoms with Gasteiger partial charge in [-0.05, 0) is 37.3 Å². The molecule has 0 aromatic heterocycles. The van der Waals surface area contributed by atoms with Gasteiger partial charge in [-0.1, -0.05) is 6.92 Å². The number of piperidine rings is 1. The van der Waals surface area contributed by atoms with E-state index in [0.717, 1.165) is 25.9 Å². The van der Waals surface area contributed by atoms with Crippen LogP contribution >= 0.6 is 0 Å². The van der Waals surface area contributed by atoms with Crippen LogP contribution in [0.2, 0.25) is 0 Å². The summed E-state index contributed by atoms with van der Waals surface area (Å²) in [5.41, 5.74) is -0.452. The molecule has 0 aliphatic carbocycles. The number of carboxylic acid groups (broad SMARTS) is 1. The van der Waals surface area contributed by atoms with E-state index in [4.69, 9.17) is 9.84 Å². The number of nitro benzene ring substituents is 1. The highest BCUT2D eigenvalue weighted by Crippen LogP contribution is 2.33. The summed E-state index contributed by atoms with van der Waals surface area (Å²) in [5, 5.41) is 23.5. The summed E-state index contributed by atoms with van der Waals surface area (Å²) in [6.07, 6.45) is 2.07. The van der Waals surface area contributed by atoms with Gasteiger partial charge in [0.15, 0.2) is 0 Å². The fraction of sp³-hybridized carbons (Fsp3) is 0.579. The number of rotatable bonds is 6. The molecule has 9 nitrogen and oxygen atoms in total. The summed E-state index contributed by atoms with van der Waals surface area (Å²) in [7, 11) is 0. The number of carbonyl (C=O) groups is 2. The molecular formula is C19H25N3O6. The maximum absolute atomic E-state index is 12.7. The van der Waals surface area contributed by atoms with E-state index in [9.17, 15) is 19.7 Å². The van der Waals surface area contributed by atoms with Gasteiger partial charge in [-0.25, -0.2) is 0 Å². The number of carbonyl (C=O) groups excluding carboxylic acids is 1. The summed E-state index contributed by atoms with van der Waals surface area (Å²) < 4.78 is 5.27. The molecule has 2 N–H and O–H groups in total. The van der Waals surface area contributed by atoms with Gasteiger partial charge in [-0.2, -0.15) is 0 Å². The van der Waals surface area contributed by atoms with Crippen molar-refractivity contribution in [2.75, 3.05) is 31.2 Å². The fourth-order valence-electron chi connectivity index (χ4n) is 3.82. The van der Waals surface area contributed by atoms with Crippen molar-refractivity contribution in [3.8, 4) is 0 Å². The second-order valence-electron chi connectivity index (χ2n) is 7.74. The molecule has 28 heavy (non-hydrogen) atoms. The van der Waals surface area contributed by atoms with Crippen molar-refractivity contribution in [2.24, 2.45) is 5.92 Å². The van der Waals surface area contributed by atoms with Gasteiger partial charge in [0.2, 0.25) is 0 Å². The quantitative estimate of drug-likeness (QED) is 0.563. The number of amides is 1. The van der Waals surface area contributed by atoms with Gasteiger partial charge < -0.3 is 20.1 Å². The van der Waals surface area contributed by atoms with Crippen LogP contribution in [0, 0.1) is 16.0 Å². The number of aliphatic carboxylic acids is 1. The SMILES string of the molecule is CC1CCN(c2ccc(C(=O)NC3(CC(=O)O)CCOC3)cc2[N+](=O)[O-])CC1. The third-order valence-electron chi connectivity index (χ3n) is 5.53. The van der Waals surface area contributed by atoms with Crippen LogP contribution < -0.4 is 10.2 Å². The molecule has 2 heterocycles. The van der Waals surface area contributed by atoms with Crippen LogP contribution in [0.5, 0.6) is 0 Å². The predicted octanol–water partition coefficient (Wildman–Crippen LogP) is 2.19. The average Bonchev–Trinajstić information content (AvgIpc) is 3.09. The molecule has 3 rings (SSSR count). The van der Waals surface area contributed by atoms with Gasteiger partial charge >= 0.3 is 5.97 Å². The number of anilines is 1. The highest BCUT2D eigenvalue weighted by molar-refractivity contribution is 5.96. The van der Waals surface area contributed by atoms with Gasteiger partial charge in [0.25, 0.3) is 11.6 Å². The van der Waals surface area contributed by atoms with E-state index in [0.29, 0.717) is 24.6 Å². The lowest BCUT2D eigenvalue weighted by Gasteiger charge is -2.32. The van der Waals surface area contributed by atoms with Crippen LogP contribution in [-0.4, -0.2) is 53.7 Å². The van der Waals surface area contributed by atoms with E-state index in [1.165, 1.54) is 6.07 Å².